The molecule has 0 radical (unpaired) electrons. The van der Waals surface area contributed by atoms with Crippen molar-refractivity contribution in [3.8, 4) is 0 Å². The quantitative estimate of drug-likeness (QED) is 0.928. The monoisotopic (exact) mass is 325 g/mol. The van der Waals surface area contributed by atoms with E-state index < -0.39 is 5.97 Å². The number of carboxylic acids is 1. The maximum Gasteiger partial charge on any atom is 0.307 e. The number of anilines is 1. The van der Waals surface area contributed by atoms with Crippen LogP contribution in [0.25, 0.3) is 0 Å². The highest BCUT2D eigenvalue weighted by atomic mass is 16.4. The molecule has 126 valence electrons. The number of amides is 1. The van der Waals surface area contributed by atoms with Crippen LogP contribution in [0.4, 0.5) is 5.69 Å². The Balaban J connectivity index is 2.15. The molecule has 0 aliphatic carbocycles. The molecule has 0 fully saturated rings. The van der Waals surface area contributed by atoms with Crippen LogP contribution in [0.5, 0.6) is 0 Å². The Morgan fingerprint density at radius 3 is 1.96 bits per heavy atom. The highest BCUT2D eigenvalue weighted by molar-refractivity contribution is 6.05. The maximum absolute atomic E-state index is 12.6. The fourth-order valence-electron chi connectivity index (χ4n) is 2.44. The van der Waals surface area contributed by atoms with E-state index in [1.54, 1.807) is 36.2 Å². The molecule has 1 amide bonds. The Hall–Kier alpha value is -2.62. The molecular formula is C20H23NO3. The smallest absolute Gasteiger partial charge is 0.307 e. The van der Waals surface area contributed by atoms with Crippen molar-refractivity contribution in [3.05, 3.63) is 65.2 Å². The van der Waals surface area contributed by atoms with Crippen LogP contribution in [-0.4, -0.2) is 24.0 Å². The molecule has 4 heteroatoms. The average molecular weight is 325 g/mol. The second-order valence-corrected chi connectivity index (χ2v) is 6.93. The highest BCUT2D eigenvalue weighted by Gasteiger charge is 2.17. The van der Waals surface area contributed by atoms with Gasteiger partial charge in [-0.15, -0.1) is 0 Å². The number of aliphatic carboxylic acids is 1. The number of hydrogen-bond donors (Lipinski definition) is 1. The van der Waals surface area contributed by atoms with Crippen LogP contribution in [0.15, 0.2) is 48.5 Å². The Bertz CT molecular complexity index is 725. The van der Waals surface area contributed by atoms with Crippen LogP contribution in [0, 0.1) is 0 Å². The third-order valence-electron chi connectivity index (χ3n) is 3.98. The summed E-state index contributed by atoms with van der Waals surface area (Å²) in [4.78, 5) is 24.9. The number of nitrogens with zero attached hydrogens (tertiary/aromatic N) is 1. The summed E-state index contributed by atoms with van der Waals surface area (Å²) < 4.78 is 0. The lowest BCUT2D eigenvalue weighted by molar-refractivity contribution is -0.136. The first kappa shape index (κ1) is 17.7. The van der Waals surface area contributed by atoms with Crippen LogP contribution < -0.4 is 4.90 Å². The zero-order valence-corrected chi connectivity index (χ0v) is 14.5. The van der Waals surface area contributed by atoms with Crippen LogP contribution in [0.3, 0.4) is 0 Å². The van der Waals surface area contributed by atoms with Crippen molar-refractivity contribution in [1.29, 1.82) is 0 Å². The van der Waals surface area contributed by atoms with Crippen LogP contribution in [0.1, 0.15) is 42.3 Å². The zero-order valence-electron chi connectivity index (χ0n) is 14.5. The normalized spacial score (nSPS) is 11.2. The molecule has 0 spiro atoms. The summed E-state index contributed by atoms with van der Waals surface area (Å²) in [6.07, 6.45) is -0.0216. The molecule has 0 saturated carbocycles. The molecule has 24 heavy (non-hydrogen) atoms. The van der Waals surface area contributed by atoms with Crippen molar-refractivity contribution in [1.82, 2.24) is 0 Å². The van der Waals surface area contributed by atoms with Crippen molar-refractivity contribution in [2.75, 3.05) is 11.9 Å². The molecule has 0 atom stereocenters. The first-order chi connectivity index (χ1) is 11.2. The molecule has 0 aliphatic heterocycles. The van der Waals surface area contributed by atoms with E-state index >= 15 is 0 Å². The van der Waals surface area contributed by atoms with E-state index in [1.165, 1.54) is 5.56 Å². The number of carbonyl (C=O) groups is 2. The van der Waals surface area contributed by atoms with Gasteiger partial charge in [-0.3, -0.25) is 9.59 Å². The standard InChI is InChI=1S/C20H23NO3/c1-20(2,3)16-9-7-15(8-10-16)19(24)21(4)17-11-5-14(6-12-17)13-18(22)23/h5-12H,13H2,1-4H3,(H,22,23). The van der Waals surface area contributed by atoms with Gasteiger partial charge in [0.05, 0.1) is 6.42 Å². The van der Waals surface area contributed by atoms with Crippen molar-refractivity contribution in [2.24, 2.45) is 0 Å². The van der Waals surface area contributed by atoms with Crippen molar-refractivity contribution < 1.29 is 14.7 Å². The van der Waals surface area contributed by atoms with Gasteiger partial charge in [-0.05, 0) is 40.8 Å². The van der Waals surface area contributed by atoms with Crippen LogP contribution in [0.2, 0.25) is 0 Å². The van der Waals surface area contributed by atoms with Crippen LogP contribution in [-0.2, 0) is 16.6 Å². The highest BCUT2D eigenvalue weighted by Crippen LogP contribution is 2.23. The summed E-state index contributed by atoms with van der Waals surface area (Å²) >= 11 is 0. The lowest BCUT2D eigenvalue weighted by Crippen LogP contribution is -2.26. The summed E-state index contributed by atoms with van der Waals surface area (Å²) in [5, 5.41) is 8.80. The topological polar surface area (TPSA) is 57.6 Å². The number of carboxylic acid groups (broad SMARTS) is 1. The minimum Gasteiger partial charge on any atom is -0.481 e. The molecule has 2 aromatic carbocycles. The lowest BCUT2D eigenvalue weighted by atomic mass is 9.86. The largest absolute Gasteiger partial charge is 0.481 e. The summed E-state index contributed by atoms with van der Waals surface area (Å²) in [7, 11) is 1.71. The summed E-state index contributed by atoms with van der Waals surface area (Å²) in [6, 6.07) is 14.6. The van der Waals surface area contributed by atoms with Crippen molar-refractivity contribution in [2.45, 2.75) is 32.6 Å². The molecule has 0 saturated heterocycles. The molecule has 1 N–H and O–H groups in total. The Kier molecular flexibility index (Phi) is 5.07. The van der Waals surface area contributed by atoms with Gasteiger partial charge in [0.2, 0.25) is 0 Å². The molecule has 2 aromatic rings. The fraction of sp³-hybridized carbons (Fsp3) is 0.300. The molecular weight excluding hydrogens is 302 g/mol. The molecule has 0 aliphatic rings. The zero-order chi connectivity index (χ0) is 17.9. The van der Waals surface area contributed by atoms with E-state index in [4.69, 9.17) is 5.11 Å². The Morgan fingerprint density at radius 1 is 0.958 bits per heavy atom. The molecule has 0 bridgehead atoms. The number of benzene rings is 2. The third kappa shape index (κ3) is 4.22. The molecule has 0 aromatic heterocycles. The minimum absolute atomic E-state index is 0.0216. The van der Waals surface area contributed by atoms with Gasteiger partial charge in [-0.1, -0.05) is 45.0 Å². The second-order valence-electron chi connectivity index (χ2n) is 6.93. The van der Waals surface area contributed by atoms with Gasteiger partial charge >= 0.3 is 5.97 Å². The third-order valence-corrected chi connectivity index (χ3v) is 3.98. The Morgan fingerprint density at radius 2 is 1.50 bits per heavy atom. The molecule has 0 unspecified atom stereocenters. The second kappa shape index (κ2) is 6.87. The van der Waals surface area contributed by atoms with Gasteiger partial charge in [-0.2, -0.15) is 0 Å². The fourth-order valence-corrected chi connectivity index (χ4v) is 2.44. The maximum atomic E-state index is 12.6. The van der Waals surface area contributed by atoms with E-state index in [-0.39, 0.29) is 17.7 Å². The van der Waals surface area contributed by atoms with Gasteiger partial charge < -0.3 is 10.0 Å². The van der Waals surface area contributed by atoms with Gasteiger partial charge in [0.25, 0.3) is 5.91 Å². The SMILES string of the molecule is CN(C(=O)c1ccc(C(C)(C)C)cc1)c1ccc(CC(=O)O)cc1. The number of hydrogen-bond acceptors (Lipinski definition) is 2. The summed E-state index contributed by atoms with van der Waals surface area (Å²) in [5.74, 6) is -0.965. The number of carbonyl (C=O) groups excluding carboxylic acids is 1. The van der Waals surface area contributed by atoms with Gasteiger partial charge in [0, 0.05) is 18.3 Å². The molecule has 0 heterocycles. The van der Waals surface area contributed by atoms with E-state index in [9.17, 15) is 9.59 Å². The summed E-state index contributed by atoms with van der Waals surface area (Å²) in [6.45, 7) is 6.40. The van der Waals surface area contributed by atoms with Crippen molar-refractivity contribution in [3.63, 3.8) is 0 Å². The molecule has 4 nitrogen and oxygen atoms in total. The first-order valence-electron chi connectivity index (χ1n) is 7.88. The molecule has 2 rings (SSSR count). The van der Waals surface area contributed by atoms with E-state index in [0.717, 1.165) is 5.69 Å². The van der Waals surface area contributed by atoms with Crippen molar-refractivity contribution >= 4 is 17.6 Å². The van der Waals surface area contributed by atoms with E-state index in [2.05, 4.69) is 20.8 Å². The lowest BCUT2D eigenvalue weighted by Gasteiger charge is -2.21. The average Bonchev–Trinajstić information content (AvgIpc) is 2.53. The van der Waals surface area contributed by atoms with E-state index in [1.807, 2.05) is 24.3 Å². The Labute approximate surface area is 142 Å². The van der Waals surface area contributed by atoms with Gasteiger partial charge in [0.15, 0.2) is 0 Å². The predicted molar refractivity (Wildman–Crippen MR) is 95.7 cm³/mol. The summed E-state index contributed by atoms with van der Waals surface area (Å²) in [5.41, 5.74) is 3.29. The minimum atomic E-state index is -0.869. The van der Waals surface area contributed by atoms with E-state index in [0.29, 0.717) is 11.1 Å². The number of rotatable bonds is 4. The first-order valence-corrected chi connectivity index (χ1v) is 7.88. The van der Waals surface area contributed by atoms with Gasteiger partial charge in [-0.25, -0.2) is 0 Å². The predicted octanol–water partition coefficient (Wildman–Crippen LogP) is 3.89. The van der Waals surface area contributed by atoms with Gasteiger partial charge in [0.1, 0.15) is 0 Å². The van der Waals surface area contributed by atoms with Crippen LogP contribution >= 0.6 is 0 Å².